The van der Waals surface area contributed by atoms with E-state index in [0.29, 0.717) is 0 Å². The summed E-state index contributed by atoms with van der Waals surface area (Å²) in [4.78, 5) is 10.7. The van der Waals surface area contributed by atoms with Gasteiger partial charge in [0.15, 0.2) is 0 Å². The number of methoxy groups -OCH3 is 1. The maximum absolute atomic E-state index is 12.9. The van der Waals surface area contributed by atoms with Crippen molar-refractivity contribution in [3.05, 3.63) is 42.0 Å². The molecule has 74 valence electrons. The quantitative estimate of drug-likeness (QED) is 0.689. The summed E-state index contributed by atoms with van der Waals surface area (Å²) in [6, 6.07) is 9.18. The topological polar surface area (TPSA) is 26.3 Å². The van der Waals surface area contributed by atoms with Crippen molar-refractivity contribution in [2.45, 2.75) is 6.17 Å². The van der Waals surface area contributed by atoms with Crippen molar-refractivity contribution < 1.29 is 13.9 Å². The zero-order valence-electron chi connectivity index (χ0n) is 7.81. The lowest BCUT2D eigenvalue weighted by molar-refractivity contribution is -0.144. The van der Waals surface area contributed by atoms with Crippen molar-refractivity contribution in [3.8, 4) is 0 Å². The number of ether oxygens (including phenoxy) is 1. The molecule has 0 saturated carbocycles. The standard InChI is InChI=1S/C11H11FO2/c1-14-11(13)10(12)8-7-9-5-3-2-4-6-9/h2-8,10H,1H3/b8-7+/t10-/m1/s1. The van der Waals surface area contributed by atoms with Crippen LogP contribution in [0.1, 0.15) is 5.56 Å². The molecule has 0 bridgehead atoms. The van der Waals surface area contributed by atoms with E-state index >= 15 is 0 Å². The highest BCUT2D eigenvalue weighted by molar-refractivity contribution is 5.77. The maximum Gasteiger partial charge on any atom is 0.344 e. The predicted octanol–water partition coefficient (Wildman–Crippen LogP) is 2.21. The fourth-order valence-electron chi connectivity index (χ4n) is 0.951. The minimum Gasteiger partial charge on any atom is -0.467 e. The van der Waals surface area contributed by atoms with Crippen LogP contribution < -0.4 is 0 Å². The van der Waals surface area contributed by atoms with Gasteiger partial charge in [-0.15, -0.1) is 0 Å². The highest BCUT2D eigenvalue weighted by Crippen LogP contribution is 2.04. The van der Waals surface area contributed by atoms with Gasteiger partial charge in [-0.1, -0.05) is 36.4 Å². The Bertz CT molecular complexity index is 319. The molecule has 14 heavy (non-hydrogen) atoms. The molecular formula is C11H11FO2. The highest BCUT2D eigenvalue weighted by atomic mass is 19.1. The Balaban J connectivity index is 2.60. The van der Waals surface area contributed by atoms with Crippen LogP contribution >= 0.6 is 0 Å². The fourth-order valence-corrected chi connectivity index (χ4v) is 0.951. The number of carbonyl (C=O) groups excluding carboxylic acids is 1. The van der Waals surface area contributed by atoms with E-state index in [1.54, 1.807) is 6.08 Å². The normalized spacial score (nSPS) is 12.7. The van der Waals surface area contributed by atoms with Gasteiger partial charge in [-0.25, -0.2) is 9.18 Å². The van der Waals surface area contributed by atoms with E-state index in [-0.39, 0.29) is 0 Å². The van der Waals surface area contributed by atoms with E-state index in [1.807, 2.05) is 30.3 Å². The molecule has 0 radical (unpaired) electrons. The molecule has 0 aliphatic rings. The second-order valence-electron chi connectivity index (χ2n) is 2.69. The maximum atomic E-state index is 12.9. The van der Waals surface area contributed by atoms with Crippen LogP contribution in [0.4, 0.5) is 4.39 Å². The molecule has 0 spiro atoms. The summed E-state index contributed by atoms with van der Waals surface area (Å²) in [5.74, 6) is -0.878. The van der Waals surface area contributed by atoms with E-state index in [0.717, 1.165) is 12.7 Å². The zero-order valence-corrected chi connectivity index (χ0v) is 7.81. The number of benzene rings is 1. The highest BCUT2D eigenvalue weighted by Gasteiger charge is 2.12. The first-order valence-corrected chi connectivity index (χ1v) is 4.19. The van der Waals surface area contributed by atoms with Crippen molar-refractivity contribution in [1.82, 2.24) is 0 Å². The SMILES string of the molecule is COC(=O)[C@H](F)/C=C/c1ccccc1. The first kappa shape index (κ1) is 10.4. The molecular weight excluding hydrogens is 183 g/mol. The molecule has 0 amide bonds. The van der Waals surface area contributed by atoms with Crippen molar-refractivity contribution in [2.24, 2.45) is 0 Å². The van der Waals surface area contributed by atoms with E-state index in [2.05, 4.69) is 4.74 Å². The number of rotatable bonds is 3. The van der Waals surface area contributed by atoms with E-state index < -0.39 is 12.1 Å². The minimum absolute atomic E-state index is 0.846. The lowest BCUT2D eigenvalue weighted by Gasteiger charge is -1.99. The number of alkyl halides is 1. The summed E-state index contributed by atoms with van der Waals surface area (Å²) < 4.78 is 17.2. The molecule has 0 N–H and O–H groups in total. The third-order valence-electron chi connectivity index (χ3n) is 1.68. The number of esters is 1. The zero-order chi connectivity index (χ0) is 10.4. The molecule has 0 saturated heterocycles. The number of hydrogen-bond acceptors (Lipinski definition) is 2. The van der Waals surface area contributed by atoms with Gasteiger partial charge in [0.1, 0.15) is 0 Å². The molecule has 2 nitrogen and oxygen atoms in total. The fraction of sp³-hybridized carbons (Fsp3) is 0.182. The van der Waals surface area contributed by atoms with Crippen LogP contribution in [0, 0.1) is 0 Å². The number of halogens is 1. The Hall–Kier alpha value is -1.64. The molecule has 0 aromatic heterocycles. The van der Waals surface area contributed by atoms with Gasteiger partial charge < -0.3 is 4.74 Å². The molecule has 1 atom stereocenters. The van der Waals surface area contributed by atoms with Crippen LogP contribution in [0.5, 0.6) is 0 Å². The van der Waals surface area contributed by atoms with Crippen LogP contribution in [0.2, 0.25) is 0 Å². The van der Waals surface area contributed by atoms with Gasteiger partial charge in [-0.3, -0.25) is 0 Å². The number of carbonyl (C=O) groups is 1. The van der Waals surface area contributed by atoms with Crippen molar-refractivity contribution in [2.75, 3.05) is 7.11 Å². The molecule has 1 aromatic rings. The molecule has 1 rings (SSSR count). The van der Waals surface area contributed by atoms with E-state index in [1.165, 1.54) is 6.08 Å². The van der Waals surface area contributed by atoms with E-state index in [9.17, 15) is 9.18 Å². The van der Waals surface area contributed by atoms with Gasteiger partial charge >= 0.3 is 5.97 Å². The average molecular weight is 194 g/mol. The lowest BCUT2D eigenvalue weighted by Crippen LogP contribution is -2.13. The van der Waals surface area contributed by atoms with Gasteiger partial charge in [-0.2, -0.15) is 0 Å². The summed E-state index contributed by atoms with van der Waals surface area (Å²) in [6.07, 6.45) is 1.02. The van der Waals surface area contributed by atoms with Gasteiger partial charge in [0, 0.05) is 0 Å². The van der Waals surface area contributed by atoms with Crippen LogP contribution in [-0.4, -0.2) is 19.3 Å². The lowest BCUT2D eigenvalue weighted by atomic mass is 10.2. The molecule has 0 unspecified atom stereocenters. The van der Waals surface area contributed by atoms with Crippen molar-refractivity contribution in [1.29, 1.82) is 0 Å². The summed E-state index contributed by atoms with van der Waals surface area (Å²) in [5.41, 5.74) is 0.846. The molecule has 1 aromatic carbocycles. The Kier molecular flexibility index (Phi) is 3.85. The van der Waals surface area contributed by atoms with Gasteiger partial charge in [-0.05, 0) is 11.6 Å². The molecule has 0 aliphatic carbocycles. The Morgan fingerprint density at radius 1 is 1.43 bits per heavy atom. The third-order valence-corrected chi connectivity index (χ3v) is 1.68. The summed E-state index contributed by atoms with van der Waals surface area (Å²) >= 11 is 0. The Labute approximate surface area is 82.0 Å². The third kappa shape index (κ3) is 3.01. The Morgan fingerprint density at radius 3 is 2.64 bits per heavy atom. The summed E-state index contributed by atoms with van der Waals surface area (Å²) in [5, 5.41) is 0. The predicted molar refractivity (Wildman–Crippen MR) is 52.4 cm³/mol. The van der Waals surface area contributed by atoms with Crippen LogP contribution in [0.25, 0.3) is 6.08 Å². The average Bonchev–Trinajstić information content (AvgIpc) is 2.26. The Morgan fingerprint density at radius 2 is 2.07 bits per heavy atom. The van der Waals surface area contributed by atoms with Gasteiger partial charge in [0.25, 0.3) is 0 Å². The van der Waals surface area contributed by atoms with Crippen LogP contribution in [0.3, 0.4) is 0 Å². The molecule has 0 heterocycles. The van der Waals surface area contributed by atoms with E-state index in [4.69, 9.17) is 0 Å². The van der Waals surface area contributed by atoms with Gasteiger partial charge in [0.2, 0.25) is 6.17 Å². The first-order valence-electron chi connectivity index (χ1n) is 4.19. The molecule has 0 aliphatic heterocycles. The van der Waals surface area contributed by atoms with Crippen LogP contribution in [0.15, 0.2) is 36.4 Å². The van der Waals surface area contributed by atoms with Crippen molar-refractivity contribution in [3.63, 3.8) is 0 Å². The van der Waals surface area contributed by atoms with Gasteiger partial charge in [0.05, 0.1) is 7.11 Å². The summed E-state index contributed by atoms with van der Waals surface area (Å²) in [6.45, 7) is 0. The summed E-state index contributed by atoms with van der Waals surface area (Å²) in [7, 11) is 1.16. The smallest absolute Gasteiger partial charge is 0.344 e. The second-order valence-corrected chi connectivity index (χ2v) is 2.69. The largest absolute Gasteiger partial charge is 0.467 e. The second kappa shape index (κ2) is 5.17. The van der Waals surface area contributed by atoms with Crippen molar-refractivity contribution >= 4 is 12.0 Å². The first-order chi connectivity index (χ1) is 6.74. The minimum atomic E-state index is -1.69. The monoisotopic (exact) mass is 194 g/mol. The molecule has 3 heteroatoms. The number of hydrogen-bond donors (Lipinski definition) is 0. The van der Waals surface area contributed by atoms with Crippen LogP contribution in [-0.2, 0) is 9.53 Å². The molecule has 0 fully saturated rings.